The van der Waals surface area contributed by atoms with Crippen molar-refractivity contribution in [1.82, 2.24) is 0 Å². The molecular formula is C13H22O5. The minimum absolute atomic E-state index is 0.0698. The maximum absolute atomic E-state index is 9.99. The van der Waals surface area contributed by atoms with Crippen LogP contribution in [0, 0.1) is 0 Å². The molecule has 3 aliphatic rings. The van der Waals surface area contributed by atoms with Crippen molar-refractivity contribution in [3.8, 4) is 0 Å². The molecule has 5 nitrogen and oxygen atoms in total. The third kappa shape index (κ3) is 2.18. The van der Waals surface area contributed by atoms with Gasteiger partial charge in [0.25, 0.3) is 0 Å². The van der Waals surface area contributed by atoms with Crippen LogP contribution in [-0.4, -0.2) is 53.6 Å². The largest absolute Gasteiger partial charge is 0.396 e. The Morgan fingerprint density at radius 1 is 1.06 bits per heavy atom. The fourth-order valence-electron chi connectivity index (χ4n) is 3.36. The van der Waals surface area contributed by atoms with E-state index in [0.29, 0.717) is 6.42 Å². The van der Waals surface area contributed by atoms with E-state index >= 15 is 0 Å². The first-order valence-electron chi connectivity index (χ1n) is 7.00. The number of aliphatic hydroxyl groups is 2. The molecule has 3 rings (SSSR count). The Hall–Kier alpha value is -0.200. The van der Waals surface area contributed by atoms with Crippen LogP contribution in [0.25, 0.3) is 0 Å². The van der Waals surface area contributed by atoms with Crippen molar-refractivity contribution in [2.24, 2.45) is 0 Å². The third-order valence-corrected chi connectivity index (χ3v) is 4.28. The average Bonchev–Trinajstić information content (AvgIpc) is 2.74. The Morgan fingerprint density at radius 2 is 1.78 bits per heavy atom. The molecule has 3 fully saturated rings. The molecule has 4 atom stereocenters. The van der Waals surface area contributed by atoms with Gasteiger partial charge in [-0.3, -0.25) is 0 Å². The van der Waals surface area contributed by atoms with Crippen LogP contribution in [-0.2, 0) is 14.2 Å². The van der Waals surface area contributed by atoms with Gasteiger partial charge in [0.15, 0.2) is 5.79 Å². The zero-order valence-electron chi connectivity index (χ0n) is 10.6. The van der Waals surface area contributed by atoms with Crippen molar-refractivity contribution < 1.29 is 24.4 Å². The summed E-state index contributed by atoms with van der Waals surface area (Å²) in [5, 5.41) is 19.1. The summed E-state index contributed by atoms with van der Waals surface area (Å²) in [5.74, 6) is -0.504. The van der Waals surface area contributed by atoms with E-state index in [9.17, 15) is 5.11 Å². The van der Waals surface area contributed by atoms with E-state index in [1.807, 2.05) is 0 Å². The van der Waals surface area contributed by atoms with Gasteiger partial charge in [0.1, 0.15) is 18.3 Å². The van der Waals surface area contributed by atoms with E-state index in [2.05, 4.69) is 0 Å². The van der Waals surface area contributed by atoms with Gasteiger partial charge in [-0.15, -0.1) is 0 Å². The summed E-state index contributed by atoms with van der Waals surface area (Å²) in [6.07, 6.45) is 4.47. The van der Waals surface area contributed by atoms with Crippen LogP contribution in [0.5, 0.6) is 0 Å². The molecule has 0 bridgehead atoms. The van der Waals surface area contributed by atoms with E-state index in [1.54, 1.807) is 0 Å². The molecule has 1 saturated carbocycles. The first kappa shape index (κ1) is 12.8. The number of ether oxygens (including phenoxy) is 3. The van der Waals surface area contributed by atoms with Crippen LogP contribution < -0.4 is 0 Å². The van der Waals surface area contributed by atoms with E-state index in [4.69, 9.17) is 19.3 Å². The lowest BCUT2D eigenvalue weighted by atomic mass is 9.94. The zero-order chi connectivity index (χ0) is 12.6. The molecule has 5 heteroatoms. The van der Waals surface area contributed by atoms with Gasteiger partial charge in [0.2, 0.25) is 0 Å². The van der Waals surface area contributed by atoms with Crippen molar-refractivity contribution in [1.29, 1.82) is 0 Å². The first-order chi connectivity index (χ1) is 8.74. The second-order valence-corrected chi connectivity index (χ2v) is 5.59. The maximum Gasteiger partial charge on any atom is 0.169 e. The quantitative estimate of drug-likeness (QED) is 0.758. The molecule has 0 aromatic carbocycles. The number of hydrogen-bond donors (Lipinski definition) is 2. The molecule has 2 N–H and O–H groups in total. The molecule has 2 aliphatic heterocycles. The Balaban J connectivity index is 1.74. The van der Waals surface area contributed by atoms with Crippen molar-refractivity contribution in [3.63, 3.8) is 0 Å². The van der Waals surface area contributed by atoms with E-state index in [1.165, 1.54) is 6.42 Å². The number of hydrogen-bond acceptors (Lipinski definition) is 5. The van der Waals surface area contributed by atoms with Gasteiger partial charge in [0.05, 0.1) is 12.7 Å². The highest BCUT2D eigenvalue weighted by Crippen LogP contribution is 2.44. The Morgan fingerprint density at radius 3 is 2.50 bits per heavy atom. The van der Waals surface area contributed by atoms with Gasteiger partial charge in [-0.25, -0.2) is 0 Å². The van der Waals surface area contributed by atoms with Gasteiger partial charge < -0.3 is 24.4 Å². The van der Waals surface area contributed by atoms with Gasteiger partial charge >= 0.3 is 0 Å². The van der Waals surface area contributed by atoms with Crippen LogP contribution >= 0.6 is 0 Å². The van der Waals surface area contributed by atoms with Crippen molar-refractivity contribution >= 4 is 0 Å². The van der Waals surface area contributed by atoms with Crippen molar-refractivity contribution in [2.45, 2.75) is 68.7 Å². The lowest BCUT2D eigenvalue weighted by molar-refractivity contribution is -0.200. The molecule has 1 spiro atoms. The van der Waals surface area contributed by atoms with E-state index < -0.39 is 11.9 Å². The number of fused-ring (bicyclic) bond motifs is 1. The van der Waals surface area contributed by atoms with Crippen LogP contribution in [0.15, 0.2) is 0 Å². The predicted octanol–water partition coefficient (Wildman–Crippen LogP) is 0.573. The highest BCUT2D eigenvalue weighted by Gasteiger charge is 2.54. The summed E-state index contributed by atoms with van der Waals surface area (Å²) in [6, 6.07) is 0. The summed E-state index contributed by atoms with van der Waals surface area (Å²) in [6.45, 7) is 0.339. The number of rotatable bonds is 2. The Labute approximate surface area is 107 Å². The van der Waals surface area contributed by atoms with Crippen LogP contribution in [0.1, 0.15) is 38.5 Å². The Kier molecular flexibility index (Phi) is 3.60. The summed E-state index contributed by atoms with van der Waals surface area (Å²) in [5.41, 5.74) is 0. The molecule has 0 aromatic rings. The van der Waals surface area contributed by atoms with Crippen molar-refractivity contribution in [3.05, 3.63) is 0 Å². The number of aliphatic hydroxyl groups excluding tert-OH is 2. The molecule has 18 heavy (non-hydrogen) atoms. The lowest BCUT2D eigenvalue weighted by Crippen LogP contribution is -2.51. The topological polar surface area (TPSA) is 68.2 Å². The predicted molar refractivity (Wildman–Crippen MR) is 63.0 cm³/mol. The molecule has 0 aromatic heterocycles. The maximum atomic E-state index is 9.99. The fourth-order valence-corrected chi connectivity index (χ4v) is 3.36. The summed E-state index contributed by atoms with van der Waals surface area (Å²) in [4.78, 5) is 0. The second kappa shape index (κ2) is 5.06. The lowest BCUT2D eigenvalue weighted by Gasteiger charge is -2.34. The van der Waals surface area contributed by atoms with Crippen molar-refractivity contribution in [2.75, 3.05) is 13.2 Å². The molecule has 0 radical (unpaired) electrons. The molecule has 104 valence electrons. The summed E-state index contributed by atoms with van der Waals surface area (Å²) in [7, 11) is 0. The average molecular weight is 258 g/mol. The first-order valence-corrected chi connectivity index (χ1v) is 7.00. The zero-order valence-corrected chi connectivity index (χ0v) is 10.6. The summed E-state index contributed by atoms with van der Waals surface area (Å²) < 4.78 is 17.7. The SMILES string of the molecule is OCCC1OCC(O)C2OC3(CCCCC3)OC12. The highest BCUT2D eigenvalue weighted by atomic mass is 16.8. The molecular weight excluding hydrogens is 236 g/mol. The minimum Gasteiger partial charge on any atom is -0.396 e. The molecule has 4 unspecified atom stereocenters. The fraction of sp³-hybridized carbons (Fsp3) is 1.00. The van der Waals surface area contributed by atoms with Crippen LogP contribution in [0.3, 0.4) is 0 Å². The molecule has 2 heterocycles. The smallest absolute Gasteiger partial charge is 0.169 e. The molecule has 0 amide bonds. The van der Waals surface area contributed by atoms with Crippen LogP contribution in [0.4, 0.5) is 0 Å². The van der Waals surface area contributed by atoms with Gasteiger partial charge in [-0.05, 0) is 19.3 Å². The van der Waals surface area contributed by atoms with E-state index in [-0.39, 0.29) is 31.5 Å². The minimum atomic E-state index is -0.619. The monoisotopic (exact) mass is 258 g/mol. The second-order valence-electron chi connectivity index (χ2n) is 5.59. The standard InChI is InChI=1S/C13H22O5/c14-7-4-10-12-11(9(15)8-16-10)17-13(18-12)5-2-1-3-6-13/h9-12,14-15H,1-8H2. The normalized spacial score (nSPS) is 43.0. The van der Waals surface area contributed by atoms with Gasteiger partial charge in [-0.1, -0.05) is 6.42 Å². The molecule has 1 aliphatic carbocycles. The van der Waals surface area contributed by atoms with Gasteiger partial charge in [-0.2, -0.15) is 0 Å². The van der Waals surface area contributed by atoms with Gasteiger partial charge in [0, 0.05) is 19.4 Å². The van der Waals surface area contributed by atoms with E-state index in [0.717, 1.165) is 25.7 Å². The van der Waals surface area contributed by atoms with Crippen LogP contribution in [0.2, 0.25) is 0 Å². The summed E-state index contributed by atoms with van der Waals surface area (Å²) >= 11 is 0. The third-order valence-electron chi connectivity index (χ3n) is 4.28. The highest BCUT2D eigenvalue weighted by molar-refractivity contribution is 4.97. The Bertz CT molecular complexity index is 289. The molecule has 2 saturated heterocycles.